The average molecular weight is 479 g/mol. The number of nitrogens with zero attached hydrogens (tertiary/aromatic N) is 4. The van der Waals surface area contributed by atoms with Crippen LogP contribution in [0, 0.1) is 0 Å². The second-order valence-electron chi connectivity index (χ2n) is 6.88. The molecule has 1 aromatic heterocycles. The van der Waals surface area contributed by atoms with Gasteiger partial charge in [0.2, 0.25) is 5.16 Å². The number of benzene rings is 2. The molecule has 33 heavy (non-hydrogen) atoms. The second kappa shape index (κ2) is 10.9. The zero-order chi connectivity index (χ0) is 23.8. The number of carbonyl (C=O) groups is 2. The van der Waals surface area contributed by atoms with Crippen molar-refractivity contribution in [2.75, 3.05) is 0 Å². The van der Waals surface area contributed by atoms with Crippen LogP contribution in [-0.2, 0) is 28.9 Å². The van der Waals surface area contributed by atoms with Gasteiger partial charge < -0.3 is 10.1 Å². The Balaban J connectivity index is 1.57. The van der Waals surface area contributed by atoms with E-state index in [1.807, 2.05) is 30.3 Å². The Labute approximate surface area is 191 Å². The molecule has 0 saturated carbocycles. The molecular weight excluding hydrogens is 459 g/mol. The van der Waals surface area contributed by atoms with Crippen molar-refractivity contribution in [1.82, 2.24) is 25.5 Å². The quantitative estimate of drug-likeness (QED) is 0.493. The first-order valence-corrected chi connectivity index (χ1v) is 10.7. The van der Waals surface area contributed by atoms with E-state index in [0.29, 0.717) is 11.3 Å². The number of nitrogens with one attached hydrogen (secondary N) is 1. The molecule has 1 unspecified atom stereocenters. The SMILES string of the molecule is CCC(NC(=O)OCc1ccccc1)C(=O)Cn1nnnc1Sc1ccc(C(F)(F)F)cc1. The number of halogens is 3. The van der Waals surface area contributed by atoms with E-state index in [1.54, 1.807) is 6.92 Å². The van der Waals surface area contributed by atoms with E-state index in [4.69, 9.17) is 4.74 Å². The minimum atomic E-state index is -4.43. The van der Waals surface area contributed by atoms with Gasteiger partial charge in [-0.05, 0) is 58.4 Å². The molecule has 1 heterocycles. The third-order valence-electron chi connectivity index (χ3n) is 4.50. The summed E-state index contributed by atoms with van der Waals surface area (Å²) in [6.45, 7) is 1.57. The van der Waals surface area contributed by atoms with Gasteiger partial charge in [-0.3, -0.25) is 4.79 Å². The van der Waals surface area contributed by atoms with Crippen LogP contribution in [0.1, 0.15) is 24.5 Å². The van der Waals surface area contributed by atoms with Crippen LogP contribution in [0.5, 0.6) is 0 Å². The highest BCUT2D eigenvalue weighted by molar-refractivity contribution is 7.99. The Morgan fingerprint density at radius 2 is 1.82 bits per heavy atom. The largest absolute Gasteiger partial charge is 0.445 e. The molecule has 0 aliphatic carbocycles. The van der Waals surface area contributed by atoms with E-state index in [1.165, 1.54) is 16.8 Å². The molecule has 1 amide bonds. The highest BCUT2D eigenvalue weighted by atomic mass is 32.2. The fraction of sp³-hybridized carbons (Fsp3) is 0.286. The predicted octanol–water partition coefficient (Wildman–Crippen LogP) is 4.12. The number of alkyl carbamates (subject to hydrolysis) is 1. The molecule has 0 radical (unpaired) electrons. The van der Waals surface area contributed by atoms with Crippen LogP contribution in [0.3, 0.4) is 0 Å². The molecule has 1 N–H and O–H groups in total. The first kappa shape index (κ1) is 24.2. The molecule has 1 atom stereocenters. The summed E-state index contributed by atoms with van der Waals surface area (Å²) < 4.78 is 44.5. The van der Waals surface area contributed by atoms with E-state index < -0.39 is 23.9 Å². The first-order valence-electron chi connectivity index (χ1n) is 9.87. The number of aromatic nitrogens is 4. The number of hydrogen-bond acceptors (Lipinski definition) is 7. The highest BCUT2D eigenvalue weighted by Crippen LogP contribution is 2.32. The van der Waals surface area contributed by atoms with Crippen molar-refractivity contribution < 1.29 is 27.5 Å². The maximum Gasteiger partial charge on any atom is 0.416 e. The van der Waals surface area contributed by atoms with Gasteiger partial charge in [0.25, 0.3) is 0 Å². The molecule has 0 spiro atoms. The van der Waals surface area contributed by atoms with Gasteiger partial charge in [-0.15, -0.1) is 5.10 Å². The number of ketones is 1. The lowest BCUT2D eigenvalue weighted by molar-refractivity contribution is -0.137. The maximum atomic E-state index is 12.7. The van der Waals surface area contributed by atoms with Crippen LogP contribution in [-0.4, -0.2) is 38.1 Å². The van der Waals surface area contributed by atoms with Gasteiger partial charge in [0.1, 0.15) is 13.2 Å². The number of rotatable bonds is 9. The van der Waals surface area contributed by atoms with Gasteiger partial charge in [-0.2, -0.15) is 13.2 Å². The summed E-state index contributed by atoms with van der Waals surface area (Å²) in [5.74, 6) is -0.351. The van der Waals surface area contributed by atoms with Gasteiger partial charge in [0.15, 0.2) is 5.78 Å². The summed E-state index contributed by atoms with van der Waals surface area (Å²) >= 11 is 1.02. The molecule has 3 aromatic rings. The van der Waals surface area contributed by atoms with Crippen LogP contribution in [0.4, 0.5) is 18.0 Å². The Kier molecular flexibility index (Phi) is 8.04. The number of alkyl halides is 3. The van der Waals surface area contributed by atoms with Crippen molar-refractivity contribution in [3.05, 3.63) is 65.7 Å². The van der Waals surface area contributed by atoms with Crippen LogP contribution in [0.2, 0.25) is 0 Å². The van der Waals surface area contributed by atoms with E-state index in [-0.39, 0.29) is 24.1 Å². The normalized spacial score (nSPS) is 12.2. The number of amides is 1. The number of hydrogen-bond donors (Lipinski definition) is 1. The van der Waals surface area contributed by atoms with E-state index in [0.717, 1.165) is 29.5 Å². The standard InChI is InChI=1S/C21H20F3N5O3S/c1-2-17(25-20(31)32-13-14-6-4-3-5-7-14)18(30)12-29-19(26-27-28-29)33-16-10-8-15(9-11-16)21(22,23)24/h3-11,17H,2,12-13H2,1H3,(H,25,31). The molecule has 8 nitrogen and oxygen atoms in total. The van der Waals surface area contributed by atoms with E-state index in [2.05, 4.69) is 20.8 Å². The van der Waals surface area contributed by atoms with E-state index >= 15 is 0 Å². The number of Topliss-reactive ketones (excluding diaryl/α,β-unsaturated/α-hetero) is 1. The van der Waals surface area contributed by atoms with Gasteiger partial charge in [0.05, 0.1) is 11.6 Å². The zero-order valence-corrected chi connectivity index (χ0v) is 18.3. The number of tetrazole rings is 1. The molecule has 0 bridgehead atoms. The van der Waals surface area contributed by atoms with E-state index in [9.17, 15) is 22.8 Å². The lowest BCUT2D eigenvalue weighted by atomic mass is 10.1. The van der Waals surface area contributed by atoms with Crippen molar-refractivity contribution >= 4 is 23.6 Å². The maximum absolute atomic E-state index is 12.7. The van der Waals surface area contributed by atoms with Crippen molar-refractivity contribution in [3.63, 3.8) is 0 Å². The molecular formula is C21H20F3N5O3S. The van der Waals surface area contributed by atoms with Crippen LogP contribution in [0.25, 0.3) is 0 Å². The van der Waals surface area contributed by atoms with Crippen molar-refractivity contribution in [2.24, 2.45) is 0 Å². The second-order valence-corrected chi connectivity index (χ2v) is 7.92. The summed E-state index contributed by atoms with van der Waals surface area (Å²) in [6, 6.07) is 12.8. The lowest BCUT2D eigenvalue weighted by Gasteiger charge is -2.16. The summed E-state index contributed by atoms with van der Waals surface area (Å²) in [5.41, 5.74) is 0.0447. The monoisotopic (exact) mass is 479 g/mol. The smallest absolute Gasteiger partial charge is 0.416 e. The minimum absolute atomic E-state index is 0.0677. The molecule has 0 aliphatic heterocycles. The Hall–Kier alpha value is -3.41. The number of carbonyl (C=O) groups excluding carboxylic acids is 2. The highest BCUT2D eigenvalue weighted by Gasteiger charge is 2.30. The molecule has 2 aromatic carbocycles. The zero-order valence-electron chi connectivity index (χ0n) is 17.5. The summed E-state index contributed by atoms with van der Waals surface area (Å²) in [7, 11) is 0. The fourth-order valence-electron chi connectivity index (χ4n) is 2.76. The molecule has 0 aliphatic rings. The fourth-order valence-corrected chi connectivity index (χ4v) is 3.53. The minimum Gasteiger partial charge on any atom is -0.445 e. The third kappa shape index (κ3) is 7.04. The average Bonchev–Trinajstić information content (AvgIpc) is 3.22. The topological polar surface area (TPSA) is 99.0 Å². The summed E-state index contributed by atoms with van der Waals surface area (Å²) in [4.78, 5) is 25.2. The Bertz CT molecular complexity index is 1070. The number of ether oxygens (including phenoxy) is 1. The summed E-state index contributed by atoms with van der Waals surface area (Å²) in [6.07, 6.45) is -4.83. The van der Waals surface area contributed by atoms with Crippen LogP contribution < -0.4 is 5.32 Å². The van der Waals surface area contributed by atoms with Crippen LogP contribution >= 0.6 is 11.8 Å². The molecule has 0 fully saturated rings. The van der Waals surface area contributed by atoms with Crippen molar-refractivity contribution in [3.8, 4) is 0 Å². The van der Waals surface area contributed by atoms with Gasteiger partial charge in [-0.25, -0.2) is 9.48 Å². The van der Waals surface area contributed by atoms with Gasteiger partial charge >= 0.3 is 12.3 Å². The molecule has 174 valence electrons. The Morgan fingerprint density at radius 1 is 1.12 bits per heavy atom. The Morgan fingerprint density at radius 3 is 2.45 bits per heavy atom. The molecule has 0 saturated heterocycles. The lowest BCUT2D eigenvalue weighted by Crippen LogP contribution is -2.42. The van der Waals surface area contributed by atoms with Crippen molar-refractivity contribution in [2.45, 2.75) is 48.8 Å². The molecule has 3 rings (SSSR count). The summed E-state index contributed by atoms with van der Waals surface area (Å²) in [5, 5.41) is 13.9. The van der Waals surface area contributed by atoms with Crippen LogP contribution in [0.15, 0.2) is 64.6 Å². The van der Waals surface area contributed by atoms with Crippen molar-refractivity contribution in [1.29, 1.82) is 0 Å². The third-order valence-corrected chi connectivity index (χ3v) is 5.48. The molecule has 12 heteroatoms. The van der Waals surface area contributed by atoms with Gasteiger partial charge in [-0.1, -0.05) is 37.3 Å². The van der Waals surface area contributed by atoms with Gasteiger partial charge in [0, 0.05) is 4.90 Å². The predicted molar refractivity (Wildman–Crippen MR) is 112 cm³/mol. The first-order chi connectivity index (χ1) is 15.8.